The van der Waals surface area contributed by atoms with Crippen LogP contribution < -0.4 is 11.1 Å². The molecule has 18 heavy (non-hydrogen) atoms. The van der Waals surface area contributed by atoms with Crippen molar-refractivity contribution < 1.29 is 13.6 Å². The monoisotopic (exact) mass is 315 g/mol. The number of anilines is 2. The summed E-state index contributed by atoms with van der Waals surface area (Å²) in [7, 11) is 0. The molecule has 94 valence electrons. The lowest BCUT2D eigenvalue weighted by Crippen LogP contribution is -2.14. The molecule has 2 rings (SSSR count). The Hall–Kier alpha value is -1.89. The number of halogens is 3. The Morgan fingerprint density at radius 3 is 2.61 bits per heavy atom. The minimum absolute atomic E-state index is 0.118. The fourth-order valence-corrected chi connectivity index (χ4v) is 1.89. The Labute approximate surface area is 109 Å². The molecule has 0 radical (unpaired) electrons. The first-order valence-electron chi connectivity index (χ1n) is 4.87. The zero-order valence-electron chi connectivity index (χ0n) is 8.93. The Morgan fingerprint density at radius 1 is 1.33 bits per heavy atom. The molecule has 0 spiro atoms. The summed E-state index contributed by atoms with van der Waals surface area (Å²) < 4.78 is 26.5. The van der Waals surface area contributed by atoms with Crippen LogP contribution in [0.2, 0.25) is 0 Å². The molecular weight excluding hydrogens is 308 g/mol. The van der Waals surface area contributed by atoms with E-state index in [1.807, 2.05) is 0 Å². The van der Waals surface area contributed by atoms with E-state index >= 15 is 0 Å². The number of carbonyl (C=O) groups is 1. The Kier molecular flexibility index (Phi) is 3.33. The summed E-state index contributed by atoms with van der Waals surface area (Å²) in [6.07, 6.45) is 1.44. The molecule has 0 atom stereocenters. The van der Waals surface area contributed by atoms with Gasteiger partial charge in [0.2, 0.25) is 0 Å². The molecule has 0 unspecified atom stereocenters. The molecule has 4 N–H and O–H groups in total. The van der Waals surface area contributed by atoms with Gasteiger partial charge in [-0.3, -0.25) is 4.79 Å². The number of nitrogens with one attached hydrogen (secondary N) is 2. The number of hydrogen-bond acceptors (Lipinski definition) is 2. The lowest BCUT2D eigenvalue weighted by molar-refractivity contribution is 0.102. The van der Waals surface area contributed by atoms with Gasteiger partial charge in [0.25, 0.3) is 5.91 Å². The number of aromatic nitrogens is 1. The van der Waals surface area contributed by atoms with Crippen LogP contribution in [0.1, 0.15) is 10.5 Å². The number of aromatic amines is 1. The summed E-state index contributed by atoms with van der Waals surface area (Å²) in [6.45, 7) is 0. The summed E-state index contributed by atoms with van der Waals surface area (Å²) in [5.41, 5.74) is 5.89. The summed E-state index contributed by atoms with van der Waals surface area (Å²) in [6, 6.07) is 3.15. The number of amides is 1. The van der Waals surface area contributed by atoms with Crippen LogP contribution >= 0.6 is 15.9 Å². The van der Waals surface area contributed by atoms with E-state index in [2.05, 4.69) is 26.2 Å². The zero-order valence-corrected chi connectivity index (χ0v) is 10.5. The number of benzene rings is 1. The second-order valence-corrected chi connectivity index (χ2v) is 4.40. The maximum absolute atomic E-state index is 13.5. The van der Waals surface area contributed by atoms with Crippen molar-refractivity contribution in [3.05, 3.63) is 46.2 Å². The quantitative estimate of drug-likeness (QED) is 0.797. The standard InChI is InChI=1S/C11H8BrF2N3O/c12-7-1-5(13)2-8(14)10(7)17-11(18)9-3-6(15)4-16-9/h1-4,16H,15H2,(H,17,18). The van der Waals surface area contributed by atoms with E-state index in [1.54, 1.807) is 0 Å². The average Bonchev–Trinajstić information content (AvgIpc) is 2.70. The molecule has 2 aromatic rings. The van der Waals surface area contributed by atoms with Gasteiger partial charge in [0.05, 0.1) is 5.69 Å². The van der Waals surface area contributed by atoms with E-state index in [0.717, 1.165) is 6.07 Å². The number of nitrogens with two attached hydrogens (primary N) is 1. The van der Waals surface area contributed by atoms with Gasteiger partial charge in [-0.05, 0) is 28.1 Å². The van der Waals surface area contributed by atoms with Crippen molar-refractivity contribution >= 4 is 33.2 Å². The molecule has 0 saturated heterocycles. The van der Waals surface area contributed by atoms with Crippen LogP contribution in [-0.2, 0) is 0 Å². The van der Waals surface area contributed by atoms with Gasteiger partial charge in [0, 0.05) is 22.4 Å². The highest BCUT2D eigenvalue weighted by Gasteiger charge is 2.14. The fourth-order valence-electron chi connectivity index (χ4n) is 1.38. The topological polar surface area (TPSA) is 70.9 Å². The molecule has 1 heterocycles. The third kappa shape index (κ3) is 2.51. The highest BCUT2D eigenvalue weighted by Crippen LogP contribution is 2.27. The molecule has 7 heteroatoms. The van der Waals surface area contributed by atoms with E-state index < -0.39 is 17.5 Å². The van der Waals surface area contributed by atoms with Gasteiger partial charge >= 0.3 is 0 Å². The Morgan fingerprint density at radius 2 is 2.06 bits per heavy atom. The zero-order chi connectivity index (χ0) is 13.3. The van der Waals surface area contributed by atoms with Crippen molar-refractivity contribution in [1.29, 1.82) is 0 Å². The molecule has 1 aromatic carbocycles. The molecule has 0 aliphatic rings. The number of nitrogen functional groups attached to an aromatic ring is 1. The number of rotatable bonds is 2. The predicted molar refractivity (Wildman–Crippen MR) is 67.2 cm³/mol. The summed E-state index contributed by atoms with van der Waals surface area (Å²) in [5.74, 6) is -2.17. The van der Waals surface area contributed by atoms with E-state index in [1.165, 1.54) is 12.3 Å². The summed E-state index contributed by atoms with van der Waals surface area (Å²) in [5, 5.41) is 2.32. The van der Waals surface area contributed by atoms with E-state index in [-0.39, 0.29) is 15.9 Å². The van der Waals surface area contributed by atoms with Crippen LogP contribution in [0.25, 0.3) is 0 Å². The second-order valence-electron chi connectivity index (χ2n) is 3.55. The van der Waals surface area contributed by atoms with Gasteiger partial charge < -0.3 is 16.0 Å². The third-order valence-corrected chi connectivity index (χ3v) is 2.82. The molecule has 0 bridgehead atoms. The van der Waals surface area contributed by atoms with Crippen LogP contribution in [0.3, 0.4) is 0 Å². The maximum Gasteiger partial charge on any atom is 0.272 e. The molecule has 0 fully saturated rings. The van der Waals surface area contributed by atoms with Crippen LogP contribution in [0.15, 0.2) is 28.9 Å². The van der Waals surface area contributed by atoms with Gasteiger partial charge in [-0.25, -0.2) is 8.78 Å². The molecule has 1 amide bonds. The van der Waals surface area contributed by atoms with Crippen molar-refractivity contribution in [3.8, 4) is 0 Å². The molecule has 4 nitrogen and oxygen atoms in total. The first kappa shape index (κ1) is 12.6. The van der Waals surface area contributed by atoms with Crippen LogP contribution in [0.4, 0.5) is 20.2 Å². The van der Waals surface area contributed by atoms with E-state index in [0.29, 0.717) is 11.8 Å². The molecule has 0 aliphatic heterocycles. The minimum Gasteiger partial charge on any atom is -0.397 e. The predicted octanol–water partition coefficient (Wildman–Crippen LogP) is 2.89. The lowest BCUT2D eigenvalue weighted by atomic mass is 10.3. The number of H-pyrrole nitrogens is 1. The second kappa shape index (κ2) is 4.77. The summed E-state index contributed by atoms with van der Waals surface area (Å²) in [4.78, 5) is 14.4. The first-order chi connectivity index (χ1) is 8.47. The van der Waals surface area contributed by atoms with Gasteiger partial charge in [-0.1, -0.05) is 0 Å². The number of hydrogen-bond donors (Lipinski definition) is 3. The largest absolute Gasteiger partial charge is 0.397 e. The van der Waals surface area contributed by atoms with E-state index in [9.17, 15) is 13.6 Å². The highest BCUT2D eigenvalue weighted by atomic mass is 79.9. The van der Waals surface area contributed by atoms with Crippen LogP contribution in [0, 0.1) is 11.6 Å². The third-order valence-electron chi connectivity index (χ3n) is 2.20. The van der Waals surface area contributed by atoms with Crippen LogP contribution in [0.5, 0.6) is 0 Å². The van der Waals surface area contributed by atoms with E-state index in [4.69, 9.17) is 5.73 Å². The van der Waals surface area contributed by atoms with Crippen molar-refractivity contribution in [1.82, 2.24) is 4.98 Å². The van der Waals surface area contributed by atoms with Gasteiger partial charge in [0.1, 0.15) is 11.5 Å². The first-order valence-corrected chi connectivity index (χ1v) is 5.66. The smallest absolute Gasteiger partial charge is 0.272 e. The van der Waals surface area contributed by atoms with Crippen molar-refractivity contribution in [2.24, 2.45) is 0 Å². The van der Waals surface area contributed by atoms with Crippen molar-refractivity contribution in [2.45, 2.75) is 0 Å². The SMILES string of the molecule is Nc1c[nH]c(C(=O)Nc2c(F)cc(F)cc2Br)c1. The van der Waals surface area contributed by atoms with Crippen molar-refractivity contribution in [2.75, 3.05) is 11.1 Å². The maximum atomic E-state index is 13.5. The van der Waals surface area contributed by atoms with Gasteiger partial charge in [0.15, 0.2) is 5.82 Å². The summed E-state index contributed by atoms with van der Waals surface area (Å²) >= 11 is 2.97. The number of carbonyl (C=O) groups excluding carboxylic acids is 1. The van der Waals surface area contributed by atoms with Crippen LogP contribution in [-0.4, -0.2) is 10.9 Å². The molecule has 0 aliphatic carbocycles. The van der Waals surface area contributed by atoms with Crippen molar-refractivity contribution in [3.63, 3.8) is 0 Å². The average molecular weight is 316 g/mol. The molecular formula is C11H8BrF2N3O. The normalized spacial score (nSPS) is 10.4. The fraction of sp³-hybridized carbons (Fsp3) is 0. The van der Waals surface area contributed by atoms with Gasteiger partial charge in [-0.15, -0.1) is 0 Å². The lowest BCUT2D eigenvalue weighted by Gasteiger charge is -2.07. The Balaban J connectivity index is 2.27. The molecule has 0 saturated carbocycles. The Bertz CT molecular complexity index is 589. The van der Waals surface area contributed by atoms with Gasteiger partial charge in [-0.2, -0.15) is 0 Å². The molecule has 1 aromatic heterocycles. The minimum atomic E-state index is -0.866. The highest BCUT2D eigenvalue weighted by molar-refractivity contribution is 9.10.